The Hall–Kier alpha value is -1.29. The summed E-state index contributed by atoms with van der Waals surface area (Å²) in [5.41, 5.74) is 0. The summed E-state index contributed by atoms with van der Waals surface area (Å²) in [7, 11) is -4.62. The van der Waals surface area contributed by atoms with Crippen LogP contribution in [0.5, 0.6) is 0 Å². The van der Waals surface area contributed by atoms with Gasteiger partial charge in [-0.1, -0.05) is 225 Å². The summed E-state index contributed by atoms with van der Waals surface area (Å²) in [6, 6.07) is 0. The molecule has 0 bridgehead atoms. The van der Waals surface area contributed by atoms with Gasteiger partial charge in [-0.2, -0.15) is 0 Å². The molecule has 0 amide bonds. The van der Waals surface area contributed by atoms with Crippen LogP contribution in [0.2, 0.25) is 0 Å². The lowest BCUT2D eigenvalue weighted by atomic mass is 10.0. The maximum Gasteiger partial charge on any atom is 0.472 e. The first-order chi connectivity index (χ1) is 30.2. The third-order valence-corrected chi connectivity index (χ3v) is 12.6. The molecule has 0 aromatic rings. The number of carbonyl (C=O) groups is 2. The van der Waals surface area contributed by atoms with Crippen LogP contribution in [0.4, 0.5) is 0 Å². The van der Waals surface area contributed by atoms with Crippen LogP contribution < -0.4 is 0 Å². The lowest BCUT2D eigenvalue weighted by molar-refractivity contribution is -0.161. The molecule has 0 aromatic heterocycles. The van der Waals surface area contributed by atoms with Gasteiger partial charge in [-0.25, -0.2) is 4.57 Å². The van der Waals surface area contributed by atoms with Crippen LogP contribution in [-0.4, -0.2) is 65.7 Å². The van der Waals surface area contributed by atoms with Gasteiger partial charge >= 0.3 is 19.8 Å². The maximum atomic E-state index is 12.7. The normalized spacial score (nSPS) is 13.7. The maximum absolute atomic E-state index is 12.7. The third kappa shape index (κ3) is 46.7. The Kier molecular flexibility index (Phi) is 46.7. The number of allylic oxidation sites excluding steroid dienone is 2. The van der Waals surface area contributed by atoms with Crippen molar-refractivity contribution in [3.05, 3.63) is 12.2 Å². The molecule has 10 nitrogen and oxygen atoms in total. The summed E-state index contributed by atoms with van der Waals surface area (Å²) >= 11 is 0. The van der Waals surface area contributed by atoms with Crippen molar-refractivity contribution in [3.8, 4) is 0 Å². The number of carbonyl (C=O) groups excluding carboxylic acids is 2. The number of phosphoric acid groups is 1. The van der Waals surface area contributed by atoms with Crippen molar-refractivity contribution in [3.63, 3.8) is 0 Å². The third-order valence-electron chi connectivity index (χ3n) is 11.7. The molecule has 3 N–H and O–H groups in total. The molecule has 0 rings (SSSR count). The zero-order chi connectivity index (χ0) is 45.5. The van der Waals surface area contributed by atoms with Crippen molar-refractivity contribution in [1.82, 2.24) is 0 Å². The van der Waals surface area contributed by atoms with Gasteiger partial charge in [-0.05, 0) is 38.5 Å². The lowest BCUT2D eigenvalue weighted by Crippen LogP contribution is -2.29. The van der Waals surface area contributed by atoms with Gasteiger partial charge in [-0.3, -0.25) is 18.6 Å². The highest BCUT2D eigenvalue weighted by Gasteiger charge is 2.27. The van der Waals surface area contributed by atoms with E-state index in [1.165, 1.54) is 186 Å². The van der Waals surface area contributed by atoms with E-state index in [0.29, 0.717) is 12.8 Å². The van der Waals surface area contributed by atoms with Crippen LogP contribution in [0.1, 0.15) is 264 Å². The Morgan fingerprint density at radius 1 is 0.468 bits per heavy atom. The molecule has 0 aliphatic heterocycles. The molecule has 0 aromatic carbocycles. The van der Waals surface area contributed by atoms with Gasteiger partial charge in [-0.15, -0.1) is 0 Å². The molecular weight excluding hydrogens is 804 g/mol. The zero-order valence-electron chi connectivity index (χ0n) is 40.4. The second-order valence-corrected chi connectivity index (χ2v) is 19.4. The molecule has 11 heteroatoms. The summed E-state index contributed by atoms with van der Waals surface area (Å²) in [6.45, 7) is 2.43. The molecule has 368 valence electrons. The highest BCUT2D eigenvalue weighted by atomic mass is 31.2. The average Bonchev–Trinajstić information content (AvgIpc) is 3.26. The quantitative estimate of drug-likeness (QED) is 0.0233. The van der Waals surface area contributed by atoms with Gasteiger partial charge in [0.15, 0.2) is 6.10 Å². The van der Waals surface area contributed by atoms with Crippen molar-refractivity contribution >= 4 is 19.8 Å². The Morgan fingerprint density at radius 3 is 1.16 bits per heavy atom. The second kappa shape index (κ2) is 47.7. The van der Waals surface area contributed by atoms with E-state index < -0.39 is 51.8 Å². The fourth-order valence-corrected chi connectivity index (χ4v) is 8.43. The van der Waals surface area contributed by atoms with E-state index >= 15 is 0 Å². The minimum absolute atomic E-state index is 0.184. The Labute approximate surface area is 381 Å². The Morgan fingerprint density at radius 2 is 0.790 bits per heavy atom. The van der Waals surface area contributed by atoms with Crippen molar-refractivity contribution in [2.24, 2.45) is 0 Å². The number of aliphatic hydroxyl groups is 2. The van der Waals surface area contributed by atoms with Crippen molar-refractivity contribution in [1.29, 1.82) is 0 Å². The highest BCUT2D eigenvalue weighted by molar-refractivity contribution is 7.47. The van der Waals surface area contributed by atoms with Crippen LogP contribution >= 0.6 is 7.82 Å². The molecule has 3 unspecified atom stereocenters. The first-order valence-electron chi connectivity index (χ1n) is 26.1. The summed E-state index contributed by atoms with van der Waals surface area (Å²) in [4.78, 5) is 35.2. The summed E-state index contributed by atoms with van der Waals surface area (Å²) < 4.78 is 32.9. The average molecular weight is 903 g/mol. The van der Waals surface area contributed by atoms with Crippen LogP contribution in [0.25, 0.3) is 0 Å². The summed E-state index contributed by atoms with van der Waals surface area (Å²) in [6.07, 6.45) is 49.0. The first-order valence-corrected chi connectivity index (χ1v) is 27.6. The van der Waals surface area contributed by atoms with Gasteiger partial charge in [0.05, 0.1) is 19.8 Å². The zero-order valence-corrected chi connectivity index (χ0v) is 41.3. The van der Waals surface area contributed by atoms with E-state index in [2.05, 4.69) is 26.0 Å². The molecule has 0 aliphatic rings. The molecule has 0 saturated heterocycles. The van der Waals surface area contributed by atoms with Gasteiger partial charge in [0.25, 0.3) is 0 Å². The molecule has 0 saturated carbocycles. The van der Waals surface area contributed by atoms with Gasteiger partial charge in [0.2, 0.25) is 0 Å². The number of hydrogen-bond donors (Lipinski definition) is 3. The van der Waals surface area contributed by atoms with Crippen molar-refractivity contribution in [2.45, 2.75) is 276 Å². The SMILES string of the molecule is CCCCCCCC/C=C\CCCCCCCCCC(=O)OC(COC(=O)CCCCCCCCCCCCCCCCCCCCCCCC)COP(=O)(O)OCC(O)CO. The standard InChI is InChI=1S/C51H99O10P/c1-3-5-7-9-11-13-15-17-19-21-22-23-24-25-27-28-30-32-34-36-38-40-42-50(54)58-46-49(47-60-62(56,57)59-45-48(53)44-52)61-51(55)43-41-39-37-35-33-31-29-26-20-18-16-14-12-10-8-6-4-2/h18,20,48-49,52-53H,3-17,19,21-47H2,1-2H3,(H,56,57)/b20-18-. The second-order valence-electron chi connectivity index (χ2n) is 17.9. The summed E-state index contributed by atoms with van der Waals surface area (Å²) in [5.74, 6) is -0.913. The minimum atomic E-state index is -4.62. The largest absolute Gasteiger partial charge is 0.472 e. The number of unbranched alkanes of at least 4 members (excludes halogenated alkanes) is 34. The van der Waals surface area contributed by atoms with Crippen molar-refractivity contribution < 1.29 is 47.8 Å². The number of rotatable bonds is 50. The smallest absolute Gasteiger partial charge is 0.462 e. The highest BCUT2D eigenvalue weighted by Crippen LogP contribution is 2.43. The predicted molar refractivity (Wildman–Crippen MR) is 256 cm³/mol. The molecule has 0 fully saturated rings. The molecule has 3 atom stereocenters. The molecule has 0 aliphatic carbocycles. The van der Waals surface area contributed by atoms with Crippen LogP contribution in [0, 0.1) is 0 Å². The fraction of sp³-hybridized carbons (Fsp3) is 0.922. The predicted octanol–water partition coefficient (Wildman–Crippen LogP) is 14.7. The molecule has 0 radical (unpaired) electrons. The van der Waals surface area contributed by atoms with E-state index in [9.17, 15) is 24.2 Å². The number of ether oxygens (including phenoxy) is 2. The Balaban J connectivity index is 4.11. The number of hydrogen-bond acceptors (Lipinski definition) is 9. The van der Waals surface area contributed by atoms with Crippen LogP contribution in [0.3, 0.4) is 0 Å². The summed E-state index contributed by atoms with van der Waals surface area (Å²) in [5, 5.41) is 18.4. The van der Waals surface area contributed by atoms with E-state index in [1.807, 2.05) is 0 Å². The van der Waals surface area contributed by atoms with Gasteiger partial charge in [0.1, 0.15) is 12.7 Å². The topological polar surface area (TPSA) is 149 Å². The first kappa shape index (κ1) is 60.7. The van der Waals surface area contributed by atoms with Gasteiger partial charge in [0, 0.05) is 12.8 Å². The fourth-order valence-electron chi connectivity index (χ4n) is 7.64. The molecular formula is C51H99O10P. The molecule has 62 heavy (non-hydrogen) atoms. The van der Waals surface area contributed by atoms with E-state index in [-0.39, 0.29) is 19.4 Å². The van der Waals surface area contributed by atoms with Crippen LogP contribution in [-0.2, 0) is 32.7 Å². The molecule has 0 heterocycles. The van der Waals surface area contributed by atoms with E-state index in [1.54, 1.807) is 0 Å². The monoisotopic (exact) mass is 903 g/mol. The van der Waals surface area contributed by atoms with E-state index in [4.69, 9.17) is 23.6 Å². The number of aliphatic hydroxyl groups excluding tert-OH is 2. The Bertz CT molecular complexity index is 1040. The lowest BCUT2D eigenvalue weighted by Gasteiger charge is -2.20. The number of esters is 2. The van der Waals surface area contributed by atoms with Gasteiger partial charge < -0.3 is 24.6 Å². The van der Waals surface area contributed by atoms with E-state index in [0.717, 1.165) is 38.5 Å². The van der Waals surface area contributed by atoms with Crippen molar-refractivity contribution in [2.75, 3.05) is 26.4 Å². The number of phosphoric ester groups is 1. The molecule has 0 spiro atoms. The van der Waals surface area contributed by atoms with Crippen LogP contribution in [0.15, 0.2) is 12.2 Å². The minimum Gasteiger partial charge on any atom is -0.462 e.